The molecule has 0 spiro atoms. The first kappa shape index (κ1) is 14.4. The Morgan fingerprint density at radius 2 is 1.65 bits per heavy atom. The van der Waals surface area contributed by atoms with E-state index in [2.05, 4.69) is 32.0 Å². The molecule has 2 aromatic carbocycles. The van der Waals surface area contributed by atoms with Gasteiger partial charge in [0, 0.05) is 11.6 Å². The Labute approximate surface area is 120 Å². The van der Waals surface area contributed by atoms with E-state index in [1.807, 2.05) is 18.2 Å². The molecule has 106 valence electrons. The van der Waals surface area contributed by atoms with E-state index >= 15 is 0 Å². The average Bonchev–Trinajstić information content (AvgIpc) is 2.48. The van der Waals surface area contributed by atoms with E-state index < -0.39 is 0 Å². The van der Waals surface area contributed by atoms with Gasteiger partial charge < -0.3 is 15.2 Å². The van der Waals surface area contributed by atoms with Gasteiger partial charge in [0.15, 0.2) is 0 Å². The quantitative estimate of drug-likeness (QED) is 0.927. The lowest BCUT2D eigenvalue weighted by Crippen LogP contribution is -2.14. The standard InChI is InChI=1S/C17H21NO2/c1-11-5-6-12(2)15(9-11)17(18)14-8-7-13(19-3)10-16(14)20-4/h5-10,17H,18H2,1-4H3. The van der Waals surface area contributed by atoms with Crippen LogP contribution in [0, 0.1) is 13.8 Å². The zero-order valence-electron chi connectivity index (χ0n) is 12.4. The molecule has 0 aliphatic rings. The van der Waals surface area contributed by atoms with E-state index in [1.165, 1.54) is 11.1 Å². The summed E-state index contributed by atoms with van der Waals surface area (Å²) in [4.78, 5) is 0. The highest BCUT2D eigenvalue weighted by atomic mass is 16.5. The normalized spacial score (nSPS) is 12.1. The summed E-state index contributed by atoms with van der Waals surface area (Å²) in [7, 11) is 3.28. The van der Waals surface area contributed by atoms with Gasteiger partial charge in [0.25, 0.3) is 0 Å². The Balaban J connectivity index is 2.47. The molecule has 2 rings (SSSR count). The second kappa shape index (κ2) is 5.97. The Morgan fingerprint density at radius 3 is 2.30 bits per heavy atom. The molecule has 0 fully saturated rings. The SMILES string of the molecule is COc1ccc(C(N)c2cc(C)ccc2C)c(OC)c1. The Hall–Kier alpha value is -2.00. The van der Waals surface area contributed by atoms with Crippen molar-refractivity contribution in [2.24, 2.45) is 5.73 Å². The Morgan fingerprint density at radius 1 is 0.900 bits per heavy atom. The molecule has 3 heteroatoms. The molecule has 0 aliphatic carbocycles. The topological polar surface area (TPSA) is 44.5 Å². The van der Waals surface area contributed by atoms with E-state index in [-0.39, 0.29) is 6.04 Å². The fraction of sp³-hybridized carbons (Fsp3) is 0.294. The number of hydrogen-bond donors (Lipinski definition) is 1. The maximum atomic E-state index is 6.43. The highest BCUT2D eigenvalue weighted by molar-refractivity contribution is 5.47. The molecular weight excluding hydrogens is 250 g/mol. The van der Waals surface area contributed by atoms with Crippen LogP contribution < -0.4 is 15.2 Å². The molecule has 0 amide bonds. The van der Waals surface area contributed by atoms with Gasteiger partial charge in [0.05, 0.1) is 20.3 Å². The summed E-state index contributed by atoms with van der Waals surface area (Å²) in [6.07, 6.45) is 0. The van der Waals surface area contributed by atoms with Gasteiger partial charge in [-0.05, 0) is 37.1 Å². The van der Waals surface area contributed by atoms with Crippen molar-refractivity contribution in [2.45, 2.75) is 19.9 Å². The Bertz CT molecular complexity index is 608. The number of methoxy groups -OCH3 is 2. The molecule has 1 atom stereocenters. The minimum atomic E-state index is -0.212. The molecule has 20 heavy (non-hydrogen) atoms. The summed E-state index contributed by atoms with van der Waals surface area (Å²) in [5, 5.41) is 0. The van der Waals surface area contributed by atoms with Crippen molar-refractivity contribution in [1.82, 2.24) is 0 Å². The molecule has 0 radical (unpaired) electrons. The molecular formula is C17H21NO2. The first-order chi connectivity index (χ1) is 9.56. The summed E-state index contributed by atoms with van der Waals surface area (Å²) < 4.78 is 10.7. The molecule has 0 aromatic heterocycles. The molecule has 2 N–H and O–H groups in total. The van der Waals surface area contributed by atoms with Crippen LogP contribution in [-0.2, 0) is 0 Å². The smallest absolute Gasteiger partial charge is 0.127 e. The van der Waals surface area contributed by atoms with Gasteiger partial charge in [-0.15, -0.1) is 0 Å². The molecule has 0 aliphatic heterocycles. The molecule has 2 aromatic rings. The number of nitrogens with two attached hydrogens (primary N) is 1. The maximum absolute atomic E-state index is 6.43. The van der Waals surface area contributed by atoms with Crippen LogP contribution in [-0.4, -0.2) is 14.2 Å². The maximum Gasteiger partial charge on any atom is 0.127 e. The van der Waals surface area contributed by atoms with Crippen LogP contribution >= 0.6 is 0 Å². The number of ether oxygens (including phenoxy) is 2. The number of rotatable bonds is 4. The van der Waals surface area contributed by atoms with E-state index in [9.17, 15) is 0 Å². The number of benzene rings is 2. The van der Waals surface area contributed by atoms with Crippen molar-refractivity contribution in [2.75, 3.05) is 14.2 Å². The average molecular weight is 271 g/mol. The van der Waals surface area contributed by atoms with Crippen LogP contribution in [0.4, 0.5) is 0 Å². The van der Waals surface area contributed by atoms with Gasteiger partial charge in [-0.25, -0.2) is 0 Å². The molecule has 0 saturated carbocycles. The summed E-state index contributed by atoms with van der Waals surface area (Å²) >= 11 is 0. The minimum Gasteiger partial charge on any atom is -0.497 e. The van der Waals surface area contributed by atoms with E-state index in [1.54, 1.807) is 14.2 Å². The number of hydrogen-bond acceptors (Lipinski definition) is 3. The first-order valence-corrected chi connectivity index (χ1v) is 6.61. The molecule has 0 bridgehead atoms. The predicted octanol–water partition coefficient (Wildman–Crippen LogP) is 3.37. The van der Waals surface area contributed by atoms with Crippen molar-refractivity contribution in [3.63, 3.8) is 0 Å². The van der Waals surface area contributed by atoms with Gasteiger partial charge in [-0.2, -0.15) is 0 Å². The first-order valence-electron chi connectivity index (χ1n) is 6.61. The Kier molecular flexibility index (Phi) is 4.30. The summed E-state index contributed by atoms with van der Waals surface area (Å²) in [6, 6.07) is 11.8. The van der Waals surface area contributed by atoms with E-state index in [4.69, 9.17) is 15.2 Å². The lowest BCUT2D eigenvalue weighted by atomic mass is 9.93. The third kappa shape index (κ3) is 2.78. The van der Waals surface area contributed by atoms with E-state index in [0.29, 0.717) is 0 Å². The molecule has 3 nitrogen and oxygen atoms in total. The third-order valence-corrected chi connectivity index (χ3v) is 3.55. The van der Waals surface area contributed by atoms with Crippen LogP contribution in [0.15, 0.2) is 36.4 Å². The molecule has 0 heterocycles. The zero-order valence-corrected chi connectivity index (χ0v) is 12.4. The second-order valence-corrected chi connectivity index (χ2v) is 4.95. The summed E-state index contributed by atoms with van der Waals surface area (Å²) in [5.41, 5.74) is 10.9. The molecule has 1 unspecified atom stereocenters. The van der Waals surface area contributed by atoms with Crippen molar-refractivity contribution < 1.29 is 9.47 Å². The van der Waals surface area contributed by atoms with Crippen LogP contribution in [0.2, 0.25) is 0 Å². The van der Waals surface area contributed by atoms with Gasteiger partial charge in [0.1, 0.15) is 11.5 Å². The highest BCUT2D eigenvalue weighted by Crippen LogP contribution is 2.33. The third-order valence-electron chi connectivity index (χ3n) is 3.55. The molecule has 0 saturated heterocycles. The van der Waals surface area contributed by atoms with Gasteiger partial charge in [-0.1, -0.05) is 23.8 Å². The summed E-state index contributed by atoms with van der Waals surface area (Å²) in [5.74, 6) is 1.51. The summed E-state index contributed by atoms with van der Waals surface area (Å²) in [6.45, 7) is 4.14. The van der Waals surface area contributed by atoms with Crippen LogP contribution in [0.25, 0.3) is 0 Å². The zero-order chi connectivity index (χ0) is 14.7. The van der Waals surface area contributed by atoms with Crippen LogP contribution in [0.5, 0.6) is 11.5 Å². The largest absolute Gasteiger partial charge is 0.497 e. The lowest BCUT2D eigenvalue weighted by molar-refractivity contribution is 0.390. The number of aryl methyl sites for hydroxylation is 2. The van der Waals surface area contributed by atoms with Crippen molar-refractivity contribution in [3.05, 3.63) is 58.7 Å². The second-order valence-electron chi connectivity index (χ2n) is 4.95. The van der Waals surface area contributed by atoms with Crippen molar-refractivity contribution in [3.8, 4) is 11.5 Å². The van der Waals surface area contributed by atoms with Gasteiger partial charge in [-0.3, -0.25) is 0 Å². The monoisotopic (exact) mass is 271 g/mol. The predicted molar refractivity (Wildman–Crippen MR) is 81.5 cm³/mol. The van der Waals surface area contributed by atoms with Crippen molar-refractivity contribution >= 4 is 0 Å². The van der Waals surface area contributed by atoms with Crippen LogP contribution in [0.3, 0.4) is 0 Å². The van der Waals surface area contributed by atoms with Gasteiger partial charge in [0.2, 0.25) is 0 Å². The van der Waals surface area contributed by atoms with Crippen LogP contribution in [0.1, 0.15) is 28.3 Å². The minimum absolute atomic E-state index is 0.212. The fourth-order valence-electron chi connectivity index (χ4n) is 2.34. The fourth-order valence-corrected chi connectivity index (χ4v) is 2.34. The van der Waals surface area contributed by atoms with E-state index in [0.717, 1.165) is 22.6 Å². The van der Waals surface area contributed by atoms with Crippen molar-refractivity contribution in [1.29, 1.82) is 0 Å². The van der Waals surface area contributed by atoms with Gasteiger partial charge >= 0.3 is 0 Å². The lowest BCUT2D eigenvalue weighted by Gasteiger charge is -2.19. The highest BCUT2D eigenvalue weighted by Gasteiger charge is 2.16.